The van der Waals surface area contributed by atoms with Gasteiger partial charge in [0.25, 0.3) is 0 Å². The molecule has 0 bridgehead atoms. The molecule has 2 aliphatic heterocycles. The van der Waals surface area contributed by atoms with Gasteiger partial charge in [-0.25, -0.2) is 4.39 Å². The molecule has 9 heteroatoms. The maximum absolute atomic E-state index is 13.6. The van der Waals surface area contributed by atoms with Gasteiger partial charge in [0.15, 0.2) is 0 Å². The molecule has 0 radical (unpaired) electrons. The first kappa shape index (κ1) is 27.3. The third-order valence-electron chi connectivity index (χ3n) is 7.19. The molecule has 2 fully saturated rings. The van der Waals surface area contributed by atoms with Crippen molar-refractivity contribution in [2.45, 2.75) is 31.0 Å². The number of methoxy groups -OCH3 is 1. The minimum absolute atomic E-state index is 0.0561. The van der Waals surface area contributed by atoms with Crippen LogP contribution in [0.3, 0.4) is 0 Å². The van der Waals surface area contributed by atoms with Crippen molar-refractivity contribution in [3.63, 3.8) is 0 Å². The minimum Gasteiger partial charge on any atom is -0.490 e. The predicted molar refractivity (Wildman–Crippen MR) is 139 cm³/mol. The summed E-state index contributed by atoms with van der Waals surface area (Å²) in [6.07, 6.45) is 1.20. The number of ether oxygens (including phenoxy) is 2. The summed E-state index contributed by atoms with van der Waals surface area (Å²) in [6.45, 7) is 4.88. The van der Waals surface area contributed by atoms with Gasteiger partial charge < -0.3 is 29.5 Å². The number of β-amino-alcohol motifs (C(OH)–C–C–N with tert-alkyl or cyclic N) is 2. The summed E-state index contributed by atoms with van der Waals surface area (Å²) in [5.41, 5.74) is 0.0458. The normalized spacial score (nSPS) is 22.5. The van der Waals surface area contributed by atoms with Gasteiger partial charge in [-0.1, -0.05) is 18.2 Å². The predicted octanol–water partition coefficient (Wildman–Crippen LogP) is 2.07. The van der Waals surface area contributed by atoms with Gasteiger partial charge in [-0.2, -0.15) is 0 Å². The zero-order valence-electron chi connectivity index (χ0n) is 21.7. The molecule has 1 atom stereocenters. The molecule has 2 heterocycles. The SMILES string of the molecule is COCC(=O)N1CCN(CC2(O)CCN(c3cccc(C)c3)CC2)C[C@@](O)(COc2cccc(F)c2)C1. The van der Waals surface area contributed by atoms with E-state index in [2.05, 4.69) is 30.0 Å². The highest BCUT2D eigenvalue weighted by Gasteiger charge is 2.41. The second kappa shape index (κ2) is 11.8. The van der Waals surface area contributed by atoms with Crippen LogP contribution >= 0.6 is 0 Å². The zero-order chi connectivity index (χ0) is 26.5. The van der Waals surface area contributed by atoms with E-state index in [1.54, 1.807) is 17.0 Å². The van der Waals surface area contributed by atoms with Crippen molar-refractivity contribution in [1.29, 1.82) is 0 Å². The van der Waals surface area contributed by atoms with Crippen LogP contribution in [0.1, 0.15) is 18.4 Å². The largest absolute Gasteiger partial charge is 0.490 e. The molecule has 2 N–H and O–H groups in total. The van der Waals surface area contributed by atoms with Crippen LogP contribution in [0.25, 0.3) is 0 Å². The molecule has 0 aromatic heterocycles. The fraction of sp³-hybridized carbons (Fsp3) is 0.536. The van der Waals surface area contributed by atoms with E-state index in [0.29, 0.717) is 38.2 Å². The zero-order valence-corrected chi connectivity index (χ0v) is 21.7. The van der Waals surface area contributed by atoms with E-state index in [1.165, 1.54) is 24.8 Å². The van der Waals surface area contributed by atoms with E-state index in [1.807, 2.05) is 11.0 Å². The number of benzene rings is 2. The van der Waals surface area contributed by atoms with Crippen LogP contribution in [0.4, 0.5) is 10.1 Å². The summed E-state index contributed by atoms with van der Waals surface area (Å²) in [5, 5.41) is 23.1. The van der Waals surface area contributed by atoms with Crippen LogP contribution in [0.2, 0.25) is 0 Å². The van der Waals surface area contributed by atoms with Crippen molar-refractivity contribution < 1.29 is 28.9 Å². The number of hydrogen-bond acceptors (Lipinski definition) is 7. The summed E-state index contributed by atoms with van der Waals surface area (Å²) in [6, 6.07) is 14.1. The molecule has 4 rings (SSSR count). The maximum atomic E-state index is 13.6. The molecule has 2 aromatic carbocycles. The highest BCUT2D eigenvalue weighted by molar-refractivity contribution is 5.77. The number of carbonyl (C=O) groups excluding carboxylic acids is 1. The molecule has 202 valence electrons. The van der Waals surface area contributed by atoms with Gasteiger partial charge in [0, 0.05) is 58.1 Å². The first-order valence-corrected chi connectivity index (χ1v) is 12.8. The maximum Gasteiger partial charge on any atom is 0.248 e. The van der Waals surface area contributed by atoms with Crippen molar-refractivity contribution in [3.05, 3.63) is 59.9 Å². The van der Waals surface area contributed by atoms with E-state index >= 15 is 0 Å². The number of halogens is 1. The van der Waals surface area contributed by atoms with Gasteiger partial charge in [0.1, 0.15) is 30.4 Å². The number of hydrogen-bond donors (Lipinski definition) is 2. The Labute approximate surface area is 218 Å². The van der Waals surface area contributed by atoms with E-state index in [0.717, 1.165) is 18.8 Å². The lowest BCUT2D eigenvalue weighted by molar-refractivity contribution is -0.138. The fourth-order valence-electron chi connectivity index (χ4n) is 5.25. The van der Waals surface area contributed by atoms with Crippen LogP contribution in [0, 0.1) is 12.7 Å². The Kier molecular flexibility index (Phi) is 8.69. The third kappa shape index (κ3) is 7.41. The Bertz CT molecular complexity index is 1060. The van der Waals surface area contributed by atoms with Crippen molar-refractivity contribution in [2.75, 3.05) is 71.0 Å². The Morgan fingerprint density at radius 1 is 1.00 bits per heavy atom. The molecule has 0 saturated carbocycles. The Morgan fingerprint density at radius 2 is 1.76 bits per heavy atom. The van der Waals surface area contributed by atoms with E-state index in [9.17, 15) is 19.4 Å². The molecule has 1 amide bonds. The topological polar surface area (TPSA) is 85.7 Å². The van der Waals surface area contributed by atoms with Crippen molar-refractivity contribution in [1.82, 2.24) is 9.80 Å². The number of amides is 1. The number of nitrogens with zero attached hydrogens (tertiary/aromatic N) is 3. The van der Waals surface area contributed by atoms with E-state index < -0.39 is 17.0 Å². The number of carbonyl (C=O) groups is 1. The third-order valence-corrected chi connectivity index (χ3v) is 7.19. The average molecular weight is 516 g/mol. The monoisotopic (exact) mass is 515 g/mol. The van der Waals surface area contributed by atoms with Gasteiger partial charge in [-0.05, 0) is 49.6 Å². The highest BCUT2D eigenvalue weighted by atomic mass is 19.1. The molecule has 2 aliphatic rings. The van der Waals surface area contributed by atoms with Crippen LogP contribution in [0.5, 0.6) is 5.75 Å². The summed E-state index contributed by atoms with van der Waals surface area (Å²) in [5.74, 6) is -0.344. The van der Waals surface area contributed by atoms with E-state index in [4.69, 9.17) is 9.47 Å². The molecule has 2 saturated heterocycles. The first-order valence-electron chi connectivity index (χ1n) is 12.8. The summed E-state index contributed by atoms with van der Waals surface area (Å²) in [4.78, 5) is 18.5. The van der Waals surface area contributed by atoms with Crippen LogP contribution < -0.4 is 9.64 Å². The fourth-order valence-corrected chi connectivity index (χ4v) is 5.25. The standard InChI is InChI=1S/C28H38FN3O5/c1-22-5-3-7-24(15-22)31-11-9-27(34,10-12-31)18-30-13-14-32(26(33)17-36-2)20-28(35,19-30)21-37-25-8-4-6-23(29)16-25/h3-8,15-16,34-35H,9-14,17-21H2,1-2H3/t28-/m0/s1. The molecular weight excluding hydrogens is 477 g/mol. The van der Waals surface area contributed by atoms with Gasteiger partial charge >= 0.3 is 0 Å². The first-order chi connectivity index (χ1) is 17.7. The summed E-state index contributed by atoms with van der Waals surface area (Å²) in [7, 11) is 1.46. The lowest BCUT2D eigenvalue weighted by Gasteiger charge is -2.42. The smallest absolute Gasteiger partial charge is 0.248 e. The van der Waals surface area contributed by atoms with Gasteiger partial charge in [0.05, 0.1) is 12.1 Å². The quantitative estimate of drug-likeness (QED) is 0.557. The van der Waals surface area contributed by atoms with Gasteiger partial charge in [-0.3, -0.25) is 9.69 Å². The highest BCUT2D eigenvalue weighted by Crippen LogP contribution is 2.29. The lowest BCUT2D eigenvalue weighted by Crippen LogP contribution is -2.56. The minimum atomic E-state index is -1.41. The number of rotatable bonds is 8. The molecular formula is C28H38FN3O5. The Hall–Kier alpha value is -2.72. The van der Waals surface area contributed by atoms with Crippen LogP contribution in [-0.4, -0.2) is 103 Å². The van der Waals surface area contributed by atoms with Crippen molar-refractivity contribution in [3.8, 4) is 5.75 Å². The number of aliphatic hydroxyl groups is 2. The van der Waals surface area contributed by atoms with Crippen LogP contribution in [0.15, 0.2) is 48.5 Å². The lowest BCUT2D eigenvalue weighted by atomic mass is 9.90. The van der Waals surface area contributed by atoms with E-state index in [-0.39, 0.29) is 32.2 Å². The number of aryl methyl sites for hydroxylation is 1. The second-order valence-electron chi connectivity index (χ2n) is 10.5. The van der Waals surface area contributed by atoms with Gasteiger partial charge in [-0.15, -0.1) is 0 Å². The number of anilines is 1. The molecule has 0 aliphatic carbocycles. The number of piperidine rings is 1. The molecule has 8 nitrogen and oxygen atoms in total. The second-order valence-corrected chi connectivity index (χ2v) is 10.5. The van der Waals surface area contributed by atoms with Crippen LogP contribution in [-0.2, 0) is 9.53 Å². The summed E-state index contributed by atoms with van der Waals surface area (Å²) < 4.78 is 24.4. The molecule has 0 unspecified atom stereocenters. The molecule has 2 aromatic rings. The Morgan fingerprint density at radius 3 is 2.46 bits per heavy atom. The average Bonchev–Trinajstić information content (AvgIpc) is 3.02. The molecule has 0 spiro atoms. The summed E-state index contributed by atoms with van der Waals surface area (Å²) >= 11 is 0. The van der Waals surface area contributed by atoms with Crippen molar-refractivity contribution >= 4 is 11.6 Å². The Balaban J connectivity index is 1.43. The van der Waals surface area contributed by atoms with Crippen molar-refractivity contribution in [2.24, 2.45) is 0 Å². The van der Waals surface area contributed by atoms with Gasteiger partial charge in [0.2, 0.25) is 5.91 Å². The molecule has 37 heavy (non-hydrogen) atoms.